The van der Waals surface area contributed by atoms with Crippen molar-refractivity contribution in [3.8, 4) is 0 Å². The van der Waals surface area contributed by atoms with Gasteiger partial charge in [-0.2, -0.15) is 0 Å². The Balaban J connectivity index is 3.06. The number of nitrogens with one attached hydrogen (secondary N) is 1. The Bertz CT molecular complexity index is 392. The predicted octanol–water partition coefficient (Wildman–Crippen LogP) is 3.72. The van der Waals surface area contributed by atoms with Crippen molar-refractivity contribution in [1.29, 1.82) is 0 Å². The zero-order valence-electron chi connectivity index (χ0n) is 9.99. The average molecular weight is 243 g/mol. The van der Waals surface area contributed by atoms with Gasteiger partial charge < -0.3 is 5.32 Å². The van der Waals surface area contributed by atoms with Crippen LogP contribution in [-0.2, 0) is 0 Å². The fourth-order valence-electron chi connectivity index (χ4n) is 1.61. The molecular weight excluding hydrogens is 227 g/mol. The van der Waals surface area contributed by atoms with Gasteiger partial charge in [-0.15, -0.1) is 0 Å². The lowest BCUT2D eigenvalue weighted by Crippen LogP contribution is -2.23. The quantitative estimate of drug-likeness (QED) is 0.614. The van der Waals surface area contributed by atoms with Crippen LogP contribution in [-0.4, -0.2) is 6.54 Å². The predicted molar refractivity (Wildman–Crippen MR) is 62.2 cm³/mol. The van der Waals surface area contributed by atoms with E-state index >= 15 is 0 Å². The Morgan fingerprint density at radius 2 is 1.82 bits per heavy atom. The second-order valence-corrected chi connectivity index (χ2v) is 4.03. The van der Waals surface area contributed by atoms with Crippen molar-refractivity contribution in [3.05, 3.63) is 47.3 Å². The van der Waals surface area contributed by atoms with Crippen LogP contribution in [0, 0.1) is 17.5 Å². The Hall–Kier alpha value is -1.29. The van der Waals surface area contributed by atoms with E-state index in [1.165, 1.54) is 0 Å². The summed E-state index contributed by atoms with van der Waals surface area (Å²) in [5.74, 6) is -3.79. The maximum absolute atomic E-state index is 13.1. The monoisotopic (exact) mass is 243 g/mol. The van der Waals surface area contributed by atoms with Crippen molar-refractivity contribution < 1.29 is 13.2 Å². The van der Waals surface area contributed by atoms with Crippen molar-refractivity contribution in [2.45, 2.75) is 26.3 Å². The summed E-state index contributed by atoms with van der Waals surface area (Å²) in [6.45, 7) is 8.19. The smallest absolute Gasteiger partial charge is 0.194 e. The summed E-state index contributed by atoms with van der Waals surface area (Å²) < 4.78 is 39.1. The normalized spacial score (nSPS) is 12.5. The SMILES string of the molecule is C=C(C)C(NCCC)c1cc(F)c(F)c(F)c1. The number of benzene rings is 1. The summed E-state index contributed by atoms with van der Waals surface area (Å²) in [6.07, 6.45) is 0.885. The molecule has 1 aromatic rings. The summed E-state index contributed by atoms with van der Waals surface area (Å²) in [7, 11) is 0. The van der Waals surface area contributed by atoms with E-state index in [2.05, 4.69) is 11.9 Å². The molecule has 0 bridgehead atoms. The van der Waals surface area contributed by atoms with E-state index in [0.29, 0.717) is 12.1 Å². The van der Waals surface area contributed by atoms with Crippen molar-refractivity contribution in [2.24, 2.45) is 0 Å². The second-order valence-electron chi connectivity index (χ2n) is 4.03. The zero-order chi connectivity index (χ0) is 13.0. The molecule has 94 valence electrons. The van der Waals surface area contributed by atoms with E-state index in [9.17, 15) is 13.2 Å². The van der Waals surface area contributed by atoms with Crippen LogP contribution in [0.1, 0.15) is 31.9 Å². The van der Waals surface area contributed by atoms with Gasteiger partial charge in [-0.3, -0.25) is 0 Å². The van der Waals surface area contributed by atoms with E-state index in [4.69, 9.17) is 0 Å². The first-order valence-corrected chi connectivity index (χ1v) is 5.50. The molecule has 0 aromatic heterocycles. The third-order valence-electron chi connectivity index (χ3n) is 2.43. The van der Waals surface area contributed by atoms with Gasteiger partial charge in [0.1, 0.15) is 0 Å². The molecule has 1 N–H and O–H groups in total. The fourth-order valence-corrected chi connectivity index (χ4v) is 1.61. The molecule has 0 radical (unpaired) electrons. The lowest BCUT2D eigenvalue weighted by Gasteiger charge is -2.19. The highest BCUT2D eigenvalue weighted by molar-refractivity contribution is 5.28. The number of rotatable bonds is 5. The Kier molecular flexibility index (Phi) is 4.75. The molecule has 0 spiro atoms. The van der Waals surface area contributed by atoms with Gasteiger partial charge in [0.2, 0.25) is 0 Å². The van der Waals surface area contributed by atoms with Gasteiger partial charge in [0.25, 0.3) is 0 Å². The van der Waals surface area contributed by atoms with Crippen molar-refractivity contribution >= 4 is 0 Å². The number of halogens is 3. The van der Waals surface area contributed by atoms with Crippen LogP contribution in [0.4, 0.5) is 13.2 Å². The summed E-state index contributed by atoms with van der Waals surface area (Å²) in [4.78, 5) is 0. The van der Waals surface area contributed by atoms with Crippen molar-refractivity contribution in [3.63, 3.8) is 0 Å². The summed E-state index contributed by atoms with van der Waals surface area (Å²) >= 11 is 0. The van der Waals surface area contributed by atoms with E-state index in [1.54, 1.807) is 6.92 Å². The van der Waals surface area contributed by atoms with Gasteiger partial charge in [-0.25, -0.2) is 13.2 Å². The van der Waals surface area contributed by atoms with Gasteiger partial charge in [-0.05, 0) is 37.6 Å². The highest BCUT2D eigenvalue weighted by Crippen LogP contribution is 2.23. The van der Waals surface area contributed by atoms with Crippen LogP contribution in [0.25, 0.3) is 0 Å². The number of hydrogen-bond acceptors (Lipinski definition) is 1. The molecule has 0 amide bonds. The van der Waals surface area contributed by atoms with E-state index < -0.39 is 17.5 Å². The van der Waals surface area contributed by atoms with E-state index in [-0.39, 0.29) is 6.04 Å². The molecule has 1 nitrogen and oxygen atoms in total. The fraction of sp³-hybridized carbons (Fsp3) is 0.385. The first kappa shape index (κ1) is 13.8. The minimum atomic E-state index is -1.44. The summed E-state index contributed by atoms with van der Waals surface area (Å²) in [5.41, 5.74) is 1.08. The molecule has 0 saturated carbocycles. The first-order valence-electron chi connectivity index (χ1n) is 5.50. The average Bonchev–Trinajstić information content (AvgIpc) is 2.25. The van der Waals surface area contributed by atoms with Crippen LogP contribution in [0.5, 0.6) is 0 Å². The maximum Gasteiger partial charge on any atom is 0.194 e. The van der Waals surface area contributed by atoms with Crippen molar-refractivity contribution in [1.82, 2.24) is 5.32 Å². The van der Waals surface area contributed by atoms with Crippen LogP contribution >= 0.6 is 0 Å². The third kappa shape index (κ3) is 3.33. The molecule has 1 aromatic carbocycles. The third-order valence-corrected chi connectivity index (χ3v) is 2.43. The molecule has 4 heteroatoms. The van der Waals surface area contributed by atoms with Gasteiger partial charge in [0.05, 0.1) is 6.04 Å². The summed E-state index contributed by atoms with van der Waals surface area (Å²) in [6, 6.07) is 1.64. The topological polar surface area (TPSA) is 12.0 Å². The van der Waals surface area contributed by atoms with Gasteiger partial charge in [0, 0.05) is 0 Å². The molecular formula is C13H16F3N. The lowest BCUT2D eigenvalue weighted by molar-refractivity contribution is 0.442. The largest absolute Gasteiger partial charge is 0.307 e. The summed E-state index contributed by atoms with van der Waals surface area (Å²) in [5, 5.41) is 3.10. The van der Waals surface area contributed by atoms with Gasteiger partial charge in [-0.1, -0.05) is 19.1 Å². The highest BCUT2D eigenvalue weighted by atomic mass is 19.2. The molecule has 17 heavy (non-hydrogen) atoms. The standard InChI is InChI=1S/C13H16F3N/c1-4-5-17-13(8(2)3)9-6-10(14)12(16)11(15)7-9/h6-7,13,17H,2,4-5H2,1,3H3. The minimum Gasteiger partial charge on any atom is -0.307 e. The molecule has 1 rings (SSSR count). The highest BCUT2D eigenvalue weighted by Gasteiger charge is 2.17. The molecule has 0 fully saturated rings. The van der Waals surface area contributed by atoms with Crippen molar-refractivity contribution in [2.75, 3.05) is 6.54 Å². The van der Waals surface area contributed by atoms with Crippen LogP contribution in [0.2, 0.25) is 0 Å². The Morgan fingerprint density at radius 1 is 1.29 bits per heavy atom. The molecule has 1 unspecified atom stereocenters. The molecule has 1 atom stereocenters. The zero-order valence-corrected chi connectivity index (χ0v) is 9.99. The molecule has 0 saturated heterocycles. The minimum absolute atomic E-state index is 0.349. The second kappa shape index (κ2) is 5.87. The maximum atomic E-state index is 13.1. The first-order chi connectivity index (χ1) is 7.97. The van der Waals surface area contributed by atoms with Crippen LogP contribution in [0.15, 0.2) is 24.3 Å². The van der Waals surface area contributed by atoms with Gasteiger partial charge >= 0.3 is 0 Å². The Labute approximate surface area is 99.3 Å². The van der Waals surface area contributed by atoms with Crippen LogP contribution in [0.3, 0.4) is 0 Å². The van der Waals surface area contributed by atoms with Crippen LogP contribution < -0.4 is 5.32 Å². The van der Waals surface area contributed by atoms with E-state index in [1.807, 2.05) is 6.92 Å². The van der Waals surface area contributed by atoms with E-state index in [0.717, 1.165) is 24.1 Å². The Morgan fingerprint density at radius 3 is 2.24 bits per heavy atom. The van der Waals surface area contributed by atoms with Gasteiger partial charge in [0.15, 0.2) is 17.5 Å². The molecule has 0 aliphatic rings. The lowest BCUT2D eigenvalue weighted by atomic mass is 10.0. The number of hydrogen-bond donors (Lipinski definition) is 1. The molecule has 0 aliphatic heterocycles. The molecule has 0 heterocycles. The molecule has 0 aliphatic carbocycles.